The first-order valence-electron chi connectivity index (χ1n) is 13.0. The lowest BCUT2D eigenvalue weighted by atomic mass is 9.92. The molecule has 0 aliphatic carbocycles. The molecule has 1 aliphatic heterocycles. The minimum atomic E-state index is -0.613. The quantitative estimate of drug-likeness (QED) is 0.265. The molecule has 7 heteroatoms. The van der Waals surface area contributed by atoms with E-state index >= 15 is 0 Å². The number of allylic oxidation sites excluding steroid dienone is 1. The van der Waals surface area contributed by atoms with E-state index < -0.39 is 12.0 Å². The average molecular weight is 531 g/mol. The van der Waals surface area contributed by atoms with Crippen molar-refractivity contribution in [1.82, 2.24) is 4.57 Å². The number of ether oxygens (including phenoxy) is 2. The molecule has 198 valence electrons. The van der Waals surface area contributed by atoms with Gasteiger partial charge in [-0.15, -0.1) is 0 Å². The van der Waals surface area contributed by atoms with Gasteiger partial charge in [-0.2, -0.15) is 0 Å². The van der Waals surface area contributed by atoms with Crippen molar-refractivity contribution in [2.75, 3.05) is 13.2 Å². The molecule has 38 heavy (non-hydrogen) atoms. The summed E-state index contributed by atoms with van der Waals surface area (Å²) in [5, 5.41) is 0. The Balaban J connectivity index is 1.92. The van der Waals surface area contributed by atoms with Crippen molar-refractivity contribution < 1.29 is 14.3 Å². The molecule has 0 bridgehead atoms. The van der Waals surface area contributed by atoms with E-state index in [-0.39, 0.29) is 12.2 Å². The fraction of sp³-hybridized carbons (Fsp3) is 0.323. The fourth-order valence-electron chi connectivity index (χ4n) is 4.50. The van der Waals surface area contributed by atoms with Crippen LogP contribution in [-0.4, -0.2) is 23.8 Å². The van der Waals surface area contributed by atoms with Gasteiger partial charge in [0.1, 0.15) is 12.4 Å². The van der Waals surface area contributed by atoms with Crippen molar-refractivity contribution >= 4 is 23.4 Å². The molecule has 0 unspecified atom stereocenters. The largest absolute Gasteiger partial charge is 0.490 e. The van der Waals surface area contributed by atoms with Gasteiger partial charge in [0.25, 0.3) is 5.56 Å². The van der Waals surface area contributed by atoms with Crippen molar-refractivity contribution in [3.05, 3.63) is 109 Å². The van der Waals surface area contributed by atoms with Gasteiger partial charge in [-0.05, 0) is 54.2 Å². The number of hydrogen-bond acceptors (Lipinski definition) is 6. The summed E-state index contributed by atoms with van der Waals surface area (Å²) >= 11 is 1.33. The Bertz CT molecular complexity index is 1530. The van der Waals surface area contributed by atoms with E-state index in [0.717, 1.165) is 17.5 Å². The highest BCUT2D eigenvalue weighted by Gasteiger charge is 2.34. The van der Waals surface area contributed by atoms with Gasteiger partial charge in [-0.25, -0.2) is 9.79 Å². The molecule has 1 aliphatic rings. The van der Waals surface area contributed by atoms with Crippen molar-refractivity contribution in [3.8, 4) is 5.75 Å². The molecule has 3 aromatic rings. The van der Waals surface area contributed by atoms with Crippen molar-refractivity contribution in [3.63, 3.8) is 0 Å². The van der Waals surface area contributed by atoms with E-state index in [1.165, 1.54) is 16.9 Å². The molecule has 2 aromatic carbocycles. The van der Waals surface area contributed by atoms with Crippen molar-refractivity contribution in [2.45, 2.75) is 52.5 Å². The smallest absolute Gasteiger partial charge is 0.338 e. The van der Waals surface area contributed by atoms with Gasteiger partial charge in [0.05, 0.1) is 28.5 Å². The van der Waals surface area contributed by atoms with Crippen molar-refractivity contribution in [1.29, 1.82) is 0 Å². The van der Waals surface area contributed by atoms with E-state index in [1.807, 2.05) is 42.5 Å². The Labute approximate surface area is 227 Å². The Morgan fingerprint density at radius 1 is 1.18 bits per heavy atom. The number of esters is 1. The zero-order chi connectivity index (χ0) is 27.2. The second-order valence-corrected chi connectivity index (χ2v) is 10.4. The lowest BCUT2D eigenvalue weighted by molar-refractivity contribution is -0.139. The topological polar surface area (TPSA) is 69.9 Å². The first kappa shape index (κ1) is 27.3. The third-order valence-electron chi connectivity index (χ3n) is 6.33. The highest BCUT2D eigenvalue weighted by atomic mass is 32.1. The number of hydrogen-bond donors (Lipinski definition) is 0. The SMILES string of the molecule is C=CCOc1cccc(/C=c2\sc3n(c2=O)[C@@H](c2ccc(C(C)C)cc2)C(C(=O)OCC)=C(CCC)N=3)c1. The van der Waals surface area contributed by atoms with Crippen LogP contribution in [0.5, 0.6) is 5.75 Å². The molecule has 0 saturated heterocycles. The highest BCUT2D eigenvalue weighted by Crippen LogP contribution is 2.33. The number of thiazole rings is 1. The number of carbonyl (C=O) groups excluding carboxylic acids is 1. The molecule has 0 spiro atoms. The molecular formula is C31H34N2O4S. The van der Waals surface area contributed by atoms with Gasteiger partial charge >= 0.3 is 5.97 Å². The third kappa shape index (κ3) is 5.73. The van der Waals surface area contributed by atoms with Gasteiger partial charge in [0.2, 0.25) is 0 Å². The van der Waals surface area contributed by atoms with E-state index in [0.29, 0.717) is 45.3 Å². The maximum Gasteiger partial charge on any atom is 0.338 e. The van der Waals surface area contributed by atoms with Crippen LogP contribution in [0, 0.1) is 0 Å². The molecule has 0 fully saturated rings. The summed E-state index contributed by atoms with van der Waals surface area (Å²) < 4.78 is 13.3. The summed E-state index contributed by atoms with van der Waals surface area (Å²) in [5.41, 5.74) is 3.81. The normalized spacial score (nSPS) is 15.3. The number of carbonyl (C=O) groups is 1. The number of aromatic nitrogens is 1. The summed E-state index contributed by atoms with van der Waals surface area (Å²) in [5.74, 6) is 0.636. The van der Waals surface area contributed by atoms with Gasteiger partial charge < -0.3 is 9.47 Å². The van der Waals surface area contributed by atoms with Crippen LogP contribution >= 0.6 is 11.3 Å². The molecule has 0 N–H and O–H groups in total. The summed E-state index contributed by atoms with van der Waals surface area (Å²) in [6.07, 6.45) is 4.96. The predicted molar refractivity (Wildman–Crippen MR) is 152 cm³/mol. The Morgan fingerprint density at radius 2 is 1.95 bits per heavy atom. The van der Waals surface area contributed by atoms with Gasteiger partial charge in [0.15, 0.2) is 4.80 Å². The van der Waals surface area contributed by atoms with Crippen LogP contribution in [0.1, 0.15) is 69.2 Å². The van der Waals surface area contributed by atoms with Crippen LogP contribution in [-0.2, 0) is 9.53 Å². The minimum absolute atomic E-state index is 0.193. The standard InChI is InChI=1S/C31H34N2O4S/c1-6-10-25-27(30(35)36-8-3)28(23-15-13-22(14-16-23)20(4)5)33-29(34)26(38-31(33)32-25)19-21-11-9-12-24(18-21)37-17-7-2/h7,9,11-16,18-20,28H,2,6,8,10,17H2,1,3-5H3/b26-19-/t28-/m0/s1. The minimum Gasteiger partial charge on any atom is -0.490 e. The van der Waals surface area contributed by atoms with Crippen LogP contribution in [0.2, 0.25) is 0 Å². The van der Waals surface area contributed by atoms with E-state index in [4.69, 9.17) is 14.5 Å². The molecule has 6 nitrogen and oxygen atoms in total. The third-order valence-corrected chi connectivity index (χ3v) is 7.32. The molecule has 2 heterocycles. The molecule has 0 amide bonds. The summed E-state index contributed by atoms with van der Waals surface area (Å²) in [6.45, 7) is 12.4. The predicted octanol–water partition coefficient (Wildman–Crippen LogP) is 5.27. The van der Waals surface area contributed by atoms with Crippen LogP contribution in [0.3, 0.4) is 0 Å². The zero-order valence-corrected chi connectivity index (χ0v) is 23.2. The lowest BCUT2D eigenvalue weighted by Gasteiger charge is -2.26. The highest BCUT2D eigenvalue weighted by molar-refractivity contribution is 7.07. The maximum atomic E-state index is 13.9. The Kier molecular flexibility index (Phi) is 8.79. The van der Waals surface area contributed by atoms with E-state index in [1.54, 1.807) is 17.6 Å². The lowest BCUT2D eigenvalue weighted by Crippen LogP contribution is -2.40. The number of fused-ring (bicyclic) bond motifs is 1. The first-order valence-corrected chi connectivity index (χ1v) is 13.8. The van der Waals surface area contributed by atoms with Crippen LogP contribution in [0.25, 0.3) is 6.08 Å². The Morgan fingerprint density at radius 3 is 2.61 bits per heavy atom. The van der Waals surface area contributed by atoms with Gasteiger partial charge in [-0.1, -0.05) is 87.6 Å². The number of nitrogens with zero attached hydrogens (tertiary/aromatic N) is 2. The second kappa shape index (κ2) is 12.2. The summed E-state index contributed by atoms with van der Waals surface area (Å²) in [4.78, 5) is 32.6. The molecule has 0 saturated carbocycles. The van der Waals surface area contributed by atoms with Crippen LogP contribution < -0.4 is 19.6 Å². The van der Waals surface area contributed by atoms with Crippen LogP contribution in [0.15, 0.2) is 82.2 Å². The molecule has 1 atom stereocenters. The maximum absolute atomic E-state index is 13.9. The van der Waals surface area contributed by atoms with Gasteiger partial charge in [-0.3, -0.25) is 9.36 Å². The molecule has 1 aromatic heterocycles. The zero-order valence-electron chi connectivity index (χ0n) is 22.4. The summed E-state index contributed by atoms with van der Waals surface area (Å²) in [7, 11) is 0. The van der Waals surface area contributed by atoms with Gasteiger partial charge in [0, 0.05) is 0 Å². The average Bonchev–Trinajstić information content (AvgIpc) is 3.21. The number of benzene rings is 2. The molecule has 0 radical (unpaired) electrons. The first-order chi connectivity index (χ1) is 18.4. The molecule has 4 rings (SSSR count). The van der Waals surface area contributed by atoms with E-state index in [2.05, 4.69) is 39.5 Å². The summed E-state index contributed by atoms with van der Waals surface area (Å²) in [6, 6.07) is 15.1. The monoisotopic (exact) mass is 530 g/mol. The number of rotatable bonds is 10. The Hall–Kier alpha value is -3.71. The van der Waals surface area contributed by atoms with E-state index in [9.17, 15) is 9.59 Å². The second-order valence-electron chi connectivity index (χ2n) is 9.41. The molecular weight excluding hydrogens is 496 g/mol. The fourth-order valence-corrected chi connectivity index (χ4v) is 5.52. The van der Waals surface area contributed by atoms with Crippen molar-refractivity contribution in [2.24, 2.45) is 4.99 Å². The van der Waals surface area contributed by atoms with Crippen LogP contribution in [0.4, 0.5) is 0 Å².